The highest BCUT2D eigenvalue weighted by atomic mass is 15.3. The Balaban J connectivity index is 2.04. The van der Waals surface area contributed by atoms with Gasteiger partial charge in [-0.25, -0.2) is 0 Å². The number of nitrogens with one attached hydrogen (secondary N) is 1. The Labute approximate surface area is 88.7 Å². The quantitative estimate of drug-likeness (QED) is 0.785. The van der Waals surface area contributed by atoms with Gasteiger partial charge in [0.05, 0.1) is 18.4 Å². The third-order valence-electron chi connectivity index (χ3n) is 2.16. The number of rotatable bonds is 4. The third-order valence-corrected chi connectivity index (χ3v) is 2.16. The molecular weight excluding hydrogens is 190 g/mol. The fourth-order valence-corrected chi connectivity index (χ4v) is 1.51. The van der Waals surface area contributed by atoms with Crippen LogP contribution in [0.2, 0.25) is 0 Å². The lowest BCUT2D eigenvalue weighted by atomic mass is 10.4. The van der Waals surface area contributed by atoms with E-state index in [2.05, 4.69) is 15.5 Å². The van der Waals surface area contributed by atoms with Gasteiger partial charge in [-0.15, -0.1) is 0 Å². The van der Waals surface area contributed by atoms with E-state index in [1.165, 1.54) is 0 Å². The Morgan fingerprint density at radius 3 is 3.00 bits per heavy atom. The molecule has 0 amide bonds. The van der Waals surface area contributed by atoms with Crippen LogP contribution in [0, 0.1) is 0 Å². The molecule has 0 bridgehead atoms. The minimum absolute atomic E-state index is 0.775. The fraction of sp³-hybridized carbons (Fsp3) is 0.400. The summed E-state index contributed by atoms with van der Waals surface area (Å²) in [5.74, 6) is 0. The van der Waals surface area contributed by atoms with Crippen LogP contribution < -0.4 is 5.32 Å². The molecule has 5 nitrogen and oxygen atoms in total. The molecule has 5 heteroatoms. The number of aryl methyl sites for hydroxylation is 1. The van der Waals surface area contributed by atoms with Gasteiger partial charge < -0.3 is 5.32 Å². The highest BCUT2D eigenvalue weighted by Gasteiger charge is 2.00. The molecule has 2 rings (SSSR count). The molecule has 0 atom stereocenters. The maximum absolute atomic E-state index is 4.42. The van der Waals surface area contributed by atoms with E-state index >= 15 is 0 Å². The minimum atomic E-state index is 0.775. The van der Waals surface area contributed by atoms with Crippen LogP contribution in [0.25, 0.3) is 0 Å². The van der Waals surface area contributed by atoms with E-state index in [-0.39, 0.29) is 0 Å². The normalized spacial score (nSPS) is 10.8. The first-order valence-corrected chi connectivity index (χ1v) is 4.92. The van der Waals surface area contributed by atoms with Crippen LogP contribution in [0.3, 0.4) is 0 Å². The Kier molecular flexibility index (Phi) is 2.82. The Hall–Kier alpha value is -1.62. The summed E-state index contributed by atoms with van der Waals surface area (Å²) in [7, 11) is 3.83. The van der Waals surface area contributed by atoms with Crippen molar-refractivity contribution < 1.29 is 0 Å². The van der Waals surface area contributed by atoms with Crippen molar-refractivity contribution in [3.63, 3.8) is 0 Å². The van der Waals surface area contributed by atoms with Crippen molar-refractivity contribution in [2.24, 2.45) is 7.05 Å². The van der Waals surface area contributed by atoms with E-state index in [4.69, 9.17) is 0 Å². The summed E-state index contributed by atoms with van der Waals surface area (Å²) in [5, 5.41) is 11.6. The molecular formula is C10H15N5. The van der Waals surface area contributed by atoms with E-state index in [0.29, 0.717) is 0 Å². The zero-order valence-corrected chi connectivity index (χ0v) is 9.01. The summed E-state index contributed by atoms with van der Waals surface area (Å²) in [5.41, 5.74) is 2.22. The van der Waals surface area contributed by atoms with Crippen molar-refractivity contribution in [1.82, 2.24) is 24.9 Å². The van der Waals surface area contributed by atoms with E-state index in [0.717, 1.165) is 24.3 Å². The van der Waals surface area contributed by atoms with Gasteiger partial charge in [0.25, 0.3) is 0 Å². The lowest BCUT2D eigenvalue weighted by Gasteiger charge is -1.97. The predicted molar refractivity (Wildman–Crippen MR) is 57.3 cm³/mol. The first-order valence-electron chi connectivity index (χ1n) is 4.92. The SMILES string of the molecule is CNCc1ccn(Cc2cnn(C)c2)n1. The summed E-state index contributed by atoms with van der Waals surface area (Å²) >= 11 is 0. The lowest BCUT2D eigenvalue weighted by Crippen LogP contribution is -2.07. The molecule has 0 aliphatic carbocycles. The fourth-order valence-electron chi connectivity index (χ4n) is 1.51. The van der Waals surface area contributed by atoms with Gasteiger partial charge in [-0.2, -0.15) is 10.2 Å². The molecule has 80 valence electrons. The van der Waals surface area contributed by atoms with Gasteiger partial charge in [0, 0.05) is 31.5 Å². The molecule has 15 heavy (non-hydrogen) atoms. The Bertz CT molecular complexity index is 428. The maximum atomic E-state index is 4.42. The first kappa shape index (κ1) is 9.92. The van der Waals surface area contributed by atoms with E-state index in [1.54, 1.807) is 4.68 Å². The van der Waals surface area contributed by atoms with Crippen molar-refractivity contribution in [2.45, 2.75) is 13.1 Å². The molecule has 0 saturated carbocycles. The van der Waals surface area contributed by atoms with Crippen molar-refractivity contribution in [1.29, 1.82) is 0 Å². The molecule has 0 saturated heterocycles. The summed E-state index contributed by atoms with van der Waals surface area (Å²) < 4.78 is 3.72. The molecule has 0 fully saturated rings. The molecule has 0 aliphatic heterocycles. The van der Waals surface area contributed by atoms with Crippen molar-refractivity contribution in [3.8, 4) is 0 Å². The highest BCUT2D eigenvalue weighted by molar-refractivity contribution is 5.06. The minimum Gasteiger partial charge on any atom is -0.314 e. The summed E-state index contributed by atoms with van der Waals surface area (Å²) in [6, 6.07) is 2.02. The van der Waals surface area contributed by atoms with Crippen LogP contribution in [-0.4, -0.2) is 26.6 Å². The lowest BCUT2D eigenvalue weighted by molar-refractivity contribution is 0.658. The summed E-state index contributed by atoms with van der Waals surface area (Å²) in [4.78, 5) is 0. The van der Waals surface area contributed by atoms with Gasteiger partial charge in [0.1, 0.15) is 0 Å². The molecule has 1 N–H and O–H groups in total. The second-order valence-electron chi connectivity index (χ2n) is 3.56. The largest absolute Gasteiger partial charge is 0.314 e. The number of nitrogens with zero attached hydrogens (tertiary/aromatic N) is 4. The smallest absolute Gasteiger partial charge is 0.0762 e. The van der Waals surface area contributed by atoms with E-state index < -0.39 is 0 Å². The average molecular weight is 205 g/mol. The van der Waals surface area contributed by atoms with Crippen LogP contribution in [0.5, 0.6) is 0 Å². The van der Waals surface area contributed by atoms with Crippen molar-refractivity contribution >= 4 is 0 Å². The van der Waals surface area contributed by atoms with Gasteiger partial charge >= 0.3 is 0 Å². The molecule has 0 aromatic carbocycles. The molecule has 0 spiro atoms. The van der Waals surface area contributed by atoms with Crippen LogP contribution in [0.15, 0.2) is 24.7 Å². The van der Waals surface area contributed by atoms with Gasteiger partial charge in [-0.05, 0) is 13.1 Å². The standard InChI is InChI=1S/C10H15N5/c1-11-6-10-3-4-15(13-10)8-9-5-12-14(2)7-9/h3-5,7,11H,6,8H2,1-2H3. The molecule has 0 unspecified atom stereocenters. The maximum Gasteiger partial charge on any atom is 0.0762 e. The first-order chi connectivity index (χ1) is 7.28. The van der Waals surface area contributed by atoms with Gasteiger partial charge in [0.2, 0.25) is 0 Å². The predicted octanol–water partition coefficient (Wildman–Crippen LogP) is 0.384. The van der Waals surface area contributed by atoms with Gasteiger partial charge in [-0.1, -0.05) is 0 Å². The number of hydrogen-bond acceptors (Lipinski definition) is 3. The number of hydrogen-bond donors (Lipinski definition) is 1. The Morgan fingerprint density at radius 2 is 2.33 bits per heavy atom. The average Bonchev–Trinajstić information content (AvgIpc) is 2.78. The van der Waals surface area contributed by atoms with Gasteiger partial charge in [0.15, 0.2) is 0 Å². The summed E-state index contributed by atoms with van der Waals surface area (Å²) in [6.45, 7) is 1.58. The molecule has 0 radical (unpaired) electrons. The van der Waals surface area contributed by atoms with Crippen LogP contribution in [0.1, 0.15) is 11.3 Å². The highest BCUT2D eigenvalue weighted by Crippen LogP contribution is 2.01. The number of aromatic nitrogens is 4. The third kappa shape index (κ3) is 2.44. The second-order valence-corrected chi connectivity index (χ2v) is 3.56. The van der Waals surface area contributed by atoms with Crippen LogP contribution in [-0.2, 0) is 20.1 Å². The molecule has 2 aromatic heterocycles. The zero-order valence-electron chi connectivity index (χ0n) is 9.01. The molecule has 2 heterocycles. The van der Waals surface area contributed by atoms with E-state index in [9.17, 15) is 0 Å². The van der Waals surface area contributed by atoms with E-state index in [1.807, 2.05) is 43.4 Å². The van der Waals surface area contributed by atoms with Crippen molar-refractivity contribution in [2.75, 3.05) is 7.05 Å². The van der Waals surface area contributed by atoms with Crippen LogP contribution in [0.4, 0.5) is 0 Å². The van der Waals surface area contributed by atoms with Crippen molar-refractivity contribution in [3.05, 3.63) is 35.9 Å². The molecule has 0 aliphatic rings. The Morgan fingerprint density at radius 1 is 1.47 bits per heavy atom. The van der Waals surface area contributed by atoms with Crippen LogP contribution >= 0.6 is 0 Å². The summed E-state index contributed by atoms with van der Waals surface area (Å²) in [6.07, 6.45) is 5.85. The topological polar surface area (TPSA) is 47.7 Å². The van der Waals surface area contributed by atoms with Gasteiger partial charge in [-0.3, -0.25) is 9.36 Å². The second kappa shape index (κ2) is 4.27. The zero-order chi connectivity index (χ0) is 10.7. The monoisotopic (exact) mass is 205 g/mol. The molecule has 2 aromatic rings.